The van der Waals surface area contributed by atoms with Gasteiger partial charge in [-0.2, -0.15) is 5.26 Å². The molecule has 0 radical (unpaired) electrons. The lowest BCUT2D eigenvalue weighted by molar-refractivity contribution is 1.06. The van der Waals surface area contributed by atoms with E-state index in [4.69, 9.17) is 5.26 Å². The molecule has 2 rings (SSSR count). The van der Waals surface area contributed by atoms with Gasteiger partial charge in [0.1, 0.15) is 6.07 Å². The molecule has 0 saturated heterocycles. The molecule has 2 aromatic heterocycles. The van der Waals surface area contributed by atoms with Gasteiger partial charge in [0.2, 0.25) is 0 Å². The summed E-state index contributed by atoms with van der Waals surface area (Å²) in [6.45, 7) is 0.615. The average Bonchev–Trinajstić information content (AvgIpc) is 2.79. The Morgan fingerprint density at radius 3 is 3.13 bits per heavy atom. The van der Waals surface area contributed by atoms with Crippen molar-refractivity contribution in [2.45, 2.75) is 6.54 Å². The van der Waals surface area contributed by atoms with Crippen LogP contribution >= 0.6 is 11.3 Å². The highest BCUT2D eigenvalue weighted by molar-refractivity contribution is 7.07. The second-order valence-corrected chi connectivity index (χ2v) is 3.56. The van der Waals surface area contributed by atoms with Crippen LogP contribution in [-0.2, 0) is 6.54 Å². The molecule has 5 heteroatoms. The topological polar surface area (TPSA) is 61.6 Å². The monoisotopic (exact) mass is 216 g/mol. The van der Waals surface area contributed by atoms with Gasteiger partial charge < -0.3 is 5.32 Å². The molecule has 0 amide bonds. The number of nitrogens with zero attached hydrogens (tertiary/aromatic N) is 3. The van der Waals surface area contributed by atoms with Crippen LogP contribution < -0.4 is 5.32 Å². The summed E-state index contributed by atoms with van der Waals surface area (Å²) in [6.07, 6.45) is 1.60. The van der Waals surface area contributed by atoms with Crippen LogP contribution in [0, 0.1) is 11.3 Å². The molecule has 0 spiro atoms. The fourth-order valence-electron chi connectivity index (χ4n) is 1.15. The first-order chi connectivity index (χ1) is 7.40. The molecule has 0 bridgehead atoms. The summed E-state index contributed by atoms with van der Waals surface area (Å²) in [5, 5.41) is 13.9. The van der Waals surface area contributed by atoms with E-state index in [2.05, 4.69) is 15.3 Å². The standard InChI is InChI=1S/C10H8N4S/c11-4-10-9(2-1-3-12-10)13-5-8-6-15-7-14-8/h1-3,6-7,13H,5H2. The van der Waals surface area contributed by atoms with Crippen molar-refractivity contribution in [1.29, 1.82) is 5.26 Å². The Balaban J connectivity index is 2.08. The van der Waals surface area contributed by atoms with Crippen molar-refractivity contribution < 1.29 is 0 Å². The van der Waals surface area contributed by atoms with Crippen molar-refractivity contribution in [2.24, 2.45) is 0 Å². The molecule has 0 fully saturated rings. The molecule has 15 heavy (non-hydrogen) atoms. The third-order valence-corrected chi connectivity index (χ3v) is 2.49. The van der Waals surface area contributed by atoms with E-state index in [9.17, 15) is 0 Å². The molecule has 74 valence electrons. The summed E-state index contributed by atoms with van der Waals surface area (Å²) in [7, 11) is 0. The maximum absolute atomic E-state index is 8.81. The lowest BCUT2D eigenvalue weighted by Crippen LogP contribution is -2.02. The number of aromatic nitrogens is 2. The van der Waals surface area contributed by atoms with Gasteiger partial charge in [0, 0.05) is 11.6 Å². The van der Waals surface area contributed by atoms with Gasteiger partial charge in [-0.15, -0.1) is 11.3 Å². The normalized spacial score (nSPS) is 9.53. The van der Waals surface area contributed by atoms with Crippen molar-refractivity contribution in [3.63, 3.8) is 0 Å². The molecule has 1 N–H and O–H groups in total. The van der Waals surface area contributed by atoms with Gasteiger partial charge in [-0.25, -0.2) is 9.97 Å². The summed E-state index contributed by atoms with van der Waals surface area (Å²) < 4.78 is 0. The van der Waals surface area contributed by atoms with Crippen LogP contribution in [-0.4, -0.2) is 9.97 Å². The minimum Gasteiger partial charge on any atom is -0.377 e. The Morgan fingerprint density at radius 2 is 2.40 bits per heavy atom. The van der Waals surface area contributed by atoms with Crippen molar-refractivity contribution in [3.8, 4) is 6.07 Å². The van der Waals surface area contributed by atoms with Gasteiger partial charge in [-0.05, 0) is 12.1 Å². The van der Waals surface area contributed by atoms with E-state index in [0.717, 1.165) is 11.4 Å². The van der Waals surface area contributed by atoms with Crippen molar-refractivity contribution in [2.75, 3.05) is 5.32 Å². The van der Waals surface area contributed by atoms with Crippen molar-refractivity contribution in [1.82, 2.24) is 9.97 Å². The third-order valence-electron chi connectivity index (χ3n) is 1.86. The first kappa shape index (κ1) is 9.62. The Labute approximate surface area is 91.2 Å². The maximum atomic E-state index is 8.81. The van der Waals surface area contributed by atoms with Crippen molar-refractivity contribution in [3.05, 3.63) is 40.6 Å². The highest BCUT2D eigenvalue weighted by atomic mass is 32.1. The fraction of sp³-hybridized carbons (Fsp3) is 0.100. The fourth-order valence-corrected chi connectivity index (χ4v) is 1.71. The van der Waals surface area contributed by atoms with Crippen LogP contribution in [0.3, 0.4) is 0 Å². The molecular weight excluding hydrogens is 208 g/mol. The van der Waals surface area contributed by atoms with Gasteiger partial charge >= 0.3 is 0 Å². The summed E-state index contributed by atoms with van der Waals surface area (Å²) in [5.41, 5.74) is 3.90. The summed E-state index contributed by atoms with van der Waals surface area (Å²) in [6, 6.07) is 5.66. The van der Waals surface area contributed by atoms with E-state index < -0.39 is 0 Å². The maximum Gasteiger partial charge on any atom is 0.163 e. The van der Waals surface area contributed by atoms with Gasteiger partial charge in [-0.1, -0.05) is 0 Å². The second kappa shape index (κ2) is 4.53. The molecule has 0 aromatic carbocycles. The van der Waals surface area contributed by atoms with E-state index in [1.807, 2.05) is 17.5 Å². The molecule has 2 aromatic rings. The third kappa shape index (κ3) is 2.30. The number of rotatable bonds is 3. The van der Waals surface area contributed by atoms with Crippen LogP contribution in [0.2, 0.25) is 0 Å². The first-order valence-corrected chi connectivity index (χ1v) is 5.30. The summed E-state index contributed by atoms with van der Waals surface area (Å²) >= 11 is 1.55. The zero-order valence-electron chi connectivity index (χ0n) is 7.84. The van der Waals surface area contributed by atoms with Crippen LogP contribution in [0.5, 0.6) is 0 Å². The van der Waals surface area contributed by atoms with E-state index in [0.29, 0.717) is 12.2 Å². The lowest BCUT2D eigenvalue weighted by Gasteiger charge is -2.04. The Kier molecular flexibility index (Phi) is 2.90. The van der Waals surface area contributed by atoms with Crippen molar-refractivity contribution >= 4 is 17.0 Å². The van der Waals surface area contributed by atoms with E-state index in [1.54, 1.807) is 29.1 Å². The molecule has 2 heterocycles. The minimum atomic E-state index is 0.410. The molecular formula is C10H8N4S. The van der Waals surface area contributed by atoms with Gasteiger partial charge in [-0.3, -0.25) is 0 Å². The minimum absolute atomic E-state index is 0.410. The smallest absolute Gasteiger partial charge is 0.163 e. The molecule has 0 aliphatic carbocycles. The highest BCUT2D eigenvalue weighted by Crippen LogP contribution is 2.12. The molecule has 0 unspecified atom stereocenters. The van der Waals surface area contributed by atoms with Crippen LogP contribution in [0.25, 0.3) is 0 Å². The van der Waals surface area contributed by atoms with E-state index in [-0.39, 0.29) is 0 Å². The Morgan fingerprint density at radius 1 is 1.47 bits per heavy atom. The number of nitriles is 1. The van der Waals surface area contributed by atoms with Crippen LogP contribution in [0.15, 0.2) is 29.2 Å². The van der Waals surface area contributed by atoms with Gasteiger partial charge in [0.25, 0.3) is 0 Å². The van der Waals surface area contributed by atoms with E-state index >= 15 is 0 Å². The Bertz CT molecular complexity index is 472. The largest absolute Gasteiger partial charge is 0.377 e. The van der Waals surface area contributed by atoms with Gasteiger partial charge in [0.15, 0.2) is 5.69 Å². The molecule has 0 aliphatic heterocycles. The number of pyridine rings is 1. The predicted molar refractivity (Wildman–Crippen MR) is 58.4 cm³/mol. The summed E-state index contributed by atoms with van der Waals surface area (Å²) in [4.78, 5) is 8.10. The number of nitrogens with one attached hydrogen (secondary N) is 1. The zero-order chi connectivity index (χ0) is 10.5. The SMILES string of the molecule is N#Cc1ncccc1NCc1cscn1. The predicted octanol–water partition coefficient (Wildman–Crippen LogP) is 2.02. The highest BCUT2D eigenvalue weighted by Gasteiger charge is 2.01. The average molecular weight is 216 g/mol. The van der Waals surface area contributed by atoms with Gasteiger partial charge in [0.05, 0.1) is 23.4 Å². The molecule has 0 saturated carbocycles. The lowest BCUT2D eigenvalue weighted by atomic mass is 10.3. The summed E-state index contributed by atoms with van der Waals surface area (Å²) in [5.74, 6) is 0. The quantitative estimate of drug-likeness (QED) is 0.852. The second-order valence-electron chi connectivity index (χ2n) is 2.84. The Hall–Kier alpha value is -1.93. The van der Waals surface area contributed by atoms with Crippen LogP contribution in [0.1, 0.15) is 11.4 Å². The zero-order valence-corrected chi connectivity index (χ0v) is 8.66. The number of hydrogen-bond donors (Lipinski definition) is 1. The number of hydrogen-bond acceptors (Lipinski definition) is 5. The molecule has 0 atom stereocenters. The van der Waals surface area contributed by atoms with Crippen LogP contribution in [0.4, 0.5) is 5.69 Å². The first-order valence-electron chi connectivity index (χ1n) is 4.36. The molecule has 0 aliphatic rings. The number of thiazole rings is 1. The van der Waals surface area contributed by atoms with E-state index in [1.165, 1.54) is 0 Å². The number of anilines is 1. The molecule has 4 nitrogen and oxygen atoms in total.